The third kappa shape index (κ3) is 8.36. The molecule has 11 heteroatoms. The largest absolute Gasteiger partial charge is 0.461 e. The summed E-state index contributed by atoms with van der Waals surface area (Å²) >= 11 is 0. The first-order valence-corrected chi connectivity index (χ1v) is 10.7. The fraction of sp³-hybridized carbons (Fsp3) is 0.154. The maximum Gasteiger partial charge on any atom is 0.461 e. The number of anilines is 2. The Hall–Kier alpha value is -4.38. The van der Waals surface area contributed by atoms with Crippen LogP contribution in [-0.4, -0.2) is 30.9 Å². The number of hydrogen-bond donors (Lipinski definition) is 2. The van der Waals surface area contributed by atoms with Gasteiger partial charge in [-0.15, -0.1) is 0 Å². The van der Waals surface area contributed by atoms with Gasteiger partial charge in [-0.3, -0.25) is 4.79 Å². The summed E-state index contributed by atoms with van der Waals surface area (Å²) in [4.78, 5) is 24.3. The molecule has 37 heavy (non-hydrogen) atoms. The van der Waals surface area contributed by atoms with Gasteiger partial charge < -0.3 is 25.7 Å². The van der Waals surface area contributed by atoms with Gasteiger partial charge in [0.15, 0.2) is 5.78 Å². The summed E-state index contributed by atoms with van der Waals surface area (Å²) in [5.74, 6) is -1.42. The minimum Gasteiger partial charge on any atom is -0.428 e. The number of carbonyl (C=O) groups excluding carboxylic acids is 2. The molecular weight excluding hydrogens is 496 g/mol. The van der Waals surface area contributed by atoms with E-state index in [1.807, 2.05) is 0 Å². The number of nitrogens with two attached hydrogens (primary N) is 2. The van der Waals surface area contributed by atoms with Crippen LogP contribution in [0.25, 0.3) is 6.08 Å². The zero-order valence-electron chi connectivity index (χ0n) is 19.2. The molecule has 3 aromatic carbocycles. The van der Waals surface area contributed by atoms with E-state index in [9.17, 15) is 27.2 Å². The first-order valence-electron chi connectivity index (χ1n) is 10.7. The maximum atomic E-state index is 13.0. The summed E-state index contributed by atoms with van der Waals surface area (Å²) in [6.07, 6.45) is -5.75. The van der Waals surface area contributed by atoms with Crippen LogP contribution in [0, 0.1) is 0 Å². The van der Waals surface area contributed by atoms with Gasteiger partial charge in [0, 0.05) is 11.4 Å². The lowest BCUT2D eigenvalue weighted by Gasteiger charge is -2.16. The van der Waals surface area contributed by atoms with Gasteiger partial charge in [0.25, 0.3) is 0 Å². The summed E-state index contributed by atoms with van der Waals surface area (Å²) in [6.45, 7) is 0.0251. The molecule has 3 aromatic rings. The van der Waals surface area contributed by atoms with E-state index < -0.39 is 24.3 Å². The van der Waals surface area contributed by atoms with Gasteiger partial charge in [-0.1, -0.05) is 18.2 Å². The number of hydrogen-bond acceptors (Lipinski definition) is 7. The van der Waals surface area contributed by atoms with E-state index in [1.165, 1.54) is 18.2 Å². The molecule has 0 heterocycles. The van der Waals surface area contributed by atoms with Crippen molar-refractivity contribution in [1.82, 2.24) is 0 Å². The van der Waals surface area contributed by atoms with Crippen LogP contribution in [0.15, 0.2) is 72.8 Å². The van der Waals surface area contributed by atoms with Crippen molar-refractivity contribution in [3.05, 3.63) is 89.5 Å². The molecule has 0 amide bonds. The molecule has 0 fully saturated rings. The van der Waals surface area contributed by atoms with Crippen molar-refractivity contribution >= 4 is 29.2 Å². The number of nitrogen functional groups attached to an aromatic ring is 2. The van der Waals surface area contributed by atoms with E-state index in [0.29, 0.717) is 16.9 Å². The fourth-order valence-electron chi connectivity index (χ4n) is 3.01. The van der Waals surface area contributed by atoms with Crippen LogP contribution in [0.4, 0.5) is 28.9 Å². The van der Waals surface area contributed by atoms with Crippen molar-refractivity contribution in [2.45, 2.75) is 19.1 Å². The van der Waals surface area contributed by atoms with Gasteiger partial charge in [-0.2, -0.15) is 17.6 Å². The Morgan fingerprint density at radius 2 is 1.49 bits per heavy atom. The van der Waals surface area contributed by atoms with Gasteiger partial charge in [-0.25, -0.2) is 4.79 Å². The molecule has 0 unspecified atom stereocenters. The van der Waals surface area contributed by atoms with Crippen LogP contribution in [0.5, 0.6) is 11.5 Å². The highest BCUT2D eigenvalue weighted by Gasteiger charge is 2.43. The number of carbonyl (C=O) groups is 2. The molecule has 4 N–H and O–H groups in total. The Morgan fingerprint density at radius 3 is 2.08 bits per heavy atom. The Balaban J connectivity index is 1.48. The average molecular weight is 518 g/mol. The Morgan fingerprint density at radius 1 is 0.892 bits per heavy atom. The smallest absolute Gasteiger partial charge is 0.428 e. The summed E-state index contributed by atoms with van der Waals surface area (Å²) in [6, 6.07) is 15.3. The number of alkyl halides is 4. The predicted octanol–water partition coefficient (Wildman–Crippen LogP) is 5.11. The summed E-state index contributed by atoms with van der Waals surface area (Å²) < 4.78 is 64.8. The van der Waals surface area contributed by atoms with E-state index in [2.05, 4.69) is 4.74 Å². The number of ether oxygens (including phenoxy) is 3. The quantitative estimate of drug-likeness (QED) is 0.119. The summed E-state index contributed by atoms with van der Waals surface area (Å²) in [7, 11) is 0. The van der Waals surface area contributed by atoms with Crippen molar-refractivity contribution in [1.29, 1.82) is 0 Å². The van der Waals surface area contributed by atoms with Crippen LogP contribution in [0.2, 0.25) is 0 Å². The van der Waals surface area contributed by atoms with Crippen LogP contribution in [0.1, 0.15) is 21.5 Å². The lowest BCUT2D eigenvalue weighted by Crippen LogP contribution is -2.33. The van der Waals surface area contributed by atoms with E-state index >= 15 is 0 Å². The Bertz CT molecular complexity index is 1240. The third-order valence-electron chi connectivity index (χ3n) is 4.70. The lowest BCUT2D eigenvalue weighted by atomic mass is 10.2. The average Bonchev–Trinajstić information content (AvgIpc) is 2.83. The second-order valence-corrected chi connectivity index (χ2v) is 7.75. The molecule has 3 rings (SSSR count). The van der Waals surface area contributed by atoms with E-state index in [1.54, 1.807) is 36.4 Å². The first-order chi connectivity index (χ1) is 17.5. The molecule has 0 aliphatic carbocycles. The monoisotopic (exact) mass is 518 g/mol. The van der Waals surface area contributed by atoms with Crippen LogP contribution in [0.3, 0.4) is 0 Å². The van der Waals surface area contributed by atoms with E-state index in [-0.39, 0.29) is 30.3 Å². The molecule has 0 saturated carbocycles. The molecule has 0 bridgehead atoms. The molecule has 0 aliphatic rings. The molecule has 194 valence electrons. The zero-order chi connectivity index (χ0) is 27.0. The standard InChI is InChI=1S/C26H22F4N2O5/c27-25(28)26(29,30)37-23-9-4-18(5-10-23)24(34)36-22-7-2-16(3-8-22)1-6-21(33)15-35-14-17-11-19(31)13-20(32)12-17/h1-13,25H,14-15,31-32H2/b6-1+. The molecule has 0 radical (unpaired) electrons. The molecule has 0 spiro atoms. The molecule has 0 aromatic heterocycles. The van der Waals surface area contributed by atoms with Crippen molar-refractivity contribution in [3.8, 4) is 11.5 Å². The van der Waals surface area contributed by atoms with Gasteiger partial charge in [0.05, 0.1) is 12.2 Å². The topological polar surface area (TPSA) is 114 Å². The van der Waals surface area contributed by atoms with Gasteiger partial charge in [-0.05, 0) is 71.8 Å². The molecule has 7 nitrogen and oxygen atoms in total. The number of ketones is 1. The van der Waals surface area contributed by atoms with Gasteiger partial charge >= 0.3 is 18.5 Å². The number of rotatable bonds is 11. The Labute approximate surface area is 209 Å². The fourth-order valence-corrected chi connectivity index (χ4v) is 3.01. The first kappa shape index (κ1) is 27.2. The molecular formula is C26H22F4N2O5. The minimum absolute atomic E-state index is 0.0110. The summed E-state index contributed by atoms with van der Waals surface area (Å²) in [5.41, 5.74) is 13.8. The highest BCUT2D eigenvalue weighted by molar-refractivity contribution is 5.94. The maximum absolute atomic E-state index is 13.0. The highest BCUT2D eigenvalue weighted by Crippen LogP contribution is 2.27. The zero-order valence-corrected chi connectivity index (χ0v) is 19.2. The van der Waals surface area contributed by atoms with Crippen molar-refractivity contribution < 1.29 is 41.4 Å². The van der Waals surface area contributed by atoms with Crippen LogP contribution >= 0.6 is 0 Å². The van der Waals surface area contributed by atoms with Crippen molar-refractivity contribution in [2.24, 2.45) is 0 Å². The Kier molecular flexibility index (Phi) is 8.86. The molecule has 0 atom stereocenters. The van der Waals surface area contributed by atoms with Gasteiger partial charge in [0.2, 0.25) is 0 Å². The number of halogens is 4. The van der Waals surface area contributed by atoms with Crippen LogP contribution < -0.4 is 20.9 Å². The second kappa shape index (κ2) is 12.0. The number of esters is 1. The SMILES string of the molecule is Nc1cc(N)cc(COCC(=O)/C=C/c2ccc(OC(=O)c3ccc(OC(F)(F)C(F)F)cc3)cc2)c1. The van der Waals surface area contributed by atoms with Crippen molar-refractivity contribution in [2.75, 3.05) is 18.1 Å². The highest BCUT2D eigenvalue weighted by atomic mass is 19.3. The van der Waals surface area contributed by atoms with E-state index in [0.717, 1.165) is 29.8 Å². The third-order valence-corrected chi connectivity index (χ3v) is 4.70. The lowest BCUT2D eigenvalue weighted by molar-refractivity contribution is -0.253. The van der Waals surface area contributed by atoms with Crippen LogP contribution in [-0.2, 0) is 16.1 Å². The van der Waals surface area contributed by atoms with Gasteiger partial charge in [0.1, 0.15) is 18.1 Å². The molecule has 0 saturated heterocycles. The minimum atomic E-state index is -4.65. The number of benzene rings is 3. The second-order valence-electron chi connectivity index (χ2n) is 7.75. The summed E-state index contributed by atoms with van der Waals surface area (Å²) in [5, 5.41) is 0. The van der Waals surface area contributed by atoms with E-state index in [4.69, 9.17) is 20.9 Å². The molecule has 0 aliphatic heterocycles. The normalized spacial score (nSPS) is 11.6. The predicted molar refractivity (Wildman–Crippen MR) is 128 cm³/mol. The van der Waals surface area contributed by atoms with Crippen molar-refractivity contribution in [3.63, 3.8) is 0 Å².